The second kappa shape index (κ2) is 3.33. The first-order chi connectivity index (χ1) is 6.33. The van der Waals surface area contributed by atoms with E-state index in [0.29, 0.717) is 11.8 Å². The van der Waals surface area contributed by atoms with Crippen LogP contribution < -0.4 is 0 Å². The zero-order valence-corrected chi connectivity index (χ0v) is 8.20. The van der Waals surface area contributed by atoms with E-state index in [1.807, 2.05) is 0 Å². The van der Waals surface area contributed by atoms with Crippen LogP contribution in [0.1, 0.15) is 31.7 Å². The molecule has 0 aromatic heterocycles. The molecular weight excluding hydrogens is 158 g/mol. The van der Waals surface area contributed by atoms with Crippen LogP contribution in [0, 0.1) is 5.92 Å². The van der Waals surface area contributed by atoms with E-state index in [9.17, 15) is 0 Å². The zero-order chi connectivity index (χ0) is 9.26. The summed E-state index contributed by atoms with van der Waals surface area (Å²) >= 11 is 0. The predicted molar refractivity (Wildman–Crippen MR) is 56.8 cm³/mol. The molecule has 13 heavy (non-hydrogen) atoms. The minimum absolute atomic E-state index is 0.543. The molecule has 0 amide bonds. The number of rotatable bonds is 2. The Morgan fingerprint density at radius 1 is 1.38 bits per heavy atom. The molecule has 1 aliphatic rings. The average Bonchev–Trinajstić information content (AvgIpc) is 2.60. The van der Waals surface area contributed by atoms with Gasteiger partial charge in [0, 0.05) is 12.1 Å². The van der Waals surface area contributed by atoms with Crippen molar-refractivity contribution in [1.82, 2.24) is 0 Å². The van der Waals surface area contributed by atoms with E-state index in [1.165, 1.54) is 12.0 Å². The standard InChI is InChI=1S/C12H15N/c1-3-9(2)11-8-13-12-7-5-4-6-10(11)12/h4-9,11H,3H2,1-2H3. The highest BCUT2D eigenvalue weighted by molar-refractivity contribution is 5.80. The summed E-state index contributed by atoms with van der Waals surface area (Å²) in [5.74, 6) is 1.24. The van der Waals surface area contributed by atoms with Crippen molar-refractivity contribution in [2.24, 2.45) is 10.9 Å². The summed E-state index contributed by atoms with van der Waals surface area (Å²) in [4.78, 5) is 4.42. The van der Waals surface area contributed by atoms with Gasteiger partial charge < -0.3 is 0 Å². The van der Waals surface area contributed by atoms with E-state index in [0.717, 1.165) is 5.69 Å². The molecule has 0 bridgehead atoms. The minimum Gasteiger partial charge on any atom is -0.260 e. The summed E-state index contributed by atoms with van der Waals surface area (Å²) in [6.45, 7) is 4.53. The van der Waals surface area contributed by atoms with Crippen molar-refractivity contribution in [2.45, 2.75) is 26.2 Å². The molecule has 68 valence electrons. The highest BCUT2D eigenvalue weighted by Crippen LogP contribution is 2.36. The third-order valence-corrected chi connectivity index (χ3v) is 2.93. The number of aliphatic imine (C=N–C) groups is 1. The van der Waals surface area contributed by atoms with Crippen LogP contribution >= 0.6 is 0 Å². The van der Waals surface area contributed by atoms with E-state index in [1.54, 1.807) is 0 Å². The Labute approximate surface area is 79.5 Å². The van der Waals surface area contributed by atoms with Crippen LogP contribution in [0.3, 0.4) is 0 Å². The largest absolute Gasteiger partial charge is 0.260 e. The number of hydrogen-bond donors (Lipinski definition) is 0. The zero-order valence-electron chi connectivity index (χ0n) is 8.20. The van der Waals surface area contributed by atoms with Crippen molar-refractivity contribution in [2.75, 3.05) is 0 Å². The van der Waals surface area contributed by atoms with Gasteiger partial charge in [0.2, 0.25) is 0 Å². The first-order valence-electron chi connectivity index (χ1n) is 4.96. The van der Waals surface area contributed by atoms with Crippen LogP contribution in [0.4, 0.5) is 5.69 Å². The molecule has 0 saturated carbocycles. The van der Waals surface area contributed by atoms with Gasteiger partial charge in [-0.05, 0) is 17.5 Å². The second-order valence-electron chi connectivity index (χ2n) is 3.75. The molecule has 0 N–H and O–H groups in total. The van der Waals surface area contributed by atoms with Crippen molar-refractivity contribution in [1.29, 1.82) is 0 Å². The monoisotopic (exact) mass is 173 g/mol. The van der Waals surface area contributed by atoms with E-state index in [-0.39, 0.29) is 0 Å². The topological polar surface area (TPSA) is 12.4 Å². The van der Waals surface area contributed by atoms with Crippen molar-refractivity contribution in [3.63, 3.8) is 0 Å². The number of nitrogens with zero attached hydrogens (tertiary/aromatic N) is 1. The van der Waals surface area contributed by atoms with Crippen LogP contribution in [0.15, 0.2) is 29.3 Å². The lowest BCUT2D eigenvalue weighted by atomic mass is 9.87. The molecule has 1 aromatic rings. The van der Waals surface area contributed by atoms with Gasteiger partial charge >= 0.3 is 0 Å². The maximum atomic E-state index is 4.42. The summed E-state index contributed by atoms with van der Waals surface area (Å²) in [6.07, 6.45) is 3.31. The highest BCUT2D eigenvalue weighted by Gasteiger charge is 2.22. The Balaban J connectivity index is 2.33. The molecule has 2 atom stereocenters. The Morgan fingerprint density at radius 3 is 2.92 bits per heavy atom. The molecular formula is C12H15N. The van der Waals surface area contributed by atoms with Crippen molar-refractivity contribution >= 4 is 11.9 Å². The molecule has 0 aliphatic carbocycles. The van der Waals surface area contributed by atoms with Gasteiger partial charge in [0.25, 0.3) is 0 Å². The van der Waals surface area contributed by atoms with Gasteiger partial charge in [0.05, 0.1) is 5.69 Å². The minimum atomic E-state index is 0.543. The lowest BCUT2D eigenvalue weighted by molar-refractivity contribution is 0.537. The quantitative estimate of drug-likeness (QED) is 0.648. The molecule has 1 nitrogen and oxygen atoms in total. The Bertz CT molecular complexity index is 328. The molecule has 1 heteroatoms. The molecule has 0 fully saturated rings. The van der Waals surface area contributed by atoms with E-state index < -0.39 is 0 Å². The van der Waals surface area contributed by atoms with Crippen molar-refractivity contribution in [3.8, 4) is 0 Å². The van der Waals surface area contributed by atoms with Gasteiger partial charge in [-0.3, -0.25) is 4.99 Å². The number of benzene rings is 1. The molecule has 0 radical (unpaired) electrons. The predicted octanol–water partition coefficient (Wildman–Crippen LogP) is 3.53. The summed E-state index contributed by atoms with van der Waals surface area (Å²) in [6, 6.07) is 8.44. The molecule has 1 aromatic carbocycles. The summed E-state index contributed by atoms with van der Waals surface area (Å²) in [5.41, 5.74) is 2.56. The third-order valence-electron chi connectivity index (χ3n) is 2.93. The number of para-hydroxylation sites is 1. The molecule has 2 rings (SSSR count). The summed E-state index contributed by atoms with van der Waals surface area (Å²) in [5, 5.41) is 0. The van der Waals surface area contributed by atoms with Crippen LogP contribution in [-0.2, 0) is 0 Å². The molecule has 1 heterocycles. The van der Waals surface area contributed by atoms with Crippen LogP contribution in [-0.4, -0.2) is 6.21 Å². The Morgan fingerprint density at radius 2 is 2.15 bits per heavy atom. The van der Waals surface area contributed by atoms with Gasteiger partial charge in [-0.1, -0.05) is 38.5 Å². The number of fused-ring (bicyclic) bond motifs is 1. The first kappa shape index (κ1) is 8.49. The van der Waals surface area contributed by atoms with Crippen LogP contribution in [0.25, 0.3) is 0 Å². The fraction of sp³-hybridized carbons (Fsp3) is 0.417. The fourth-order valence-electron chi connectivity index (χ4n) is 1.84. The first-order valence-corrected chi connectivity index (χ1v) is 4.96. The van der Waals surface area contributed by atoms with Crippen LogP contribution in [0.5, 0.6) is 0 Å². The highest BCUT2D eigenvalue weighted by atomic mass is 14.8. The Hall–Kier alpha value is -1.11. The smallest absolute Gasteiger partial charge is 0.0664 e. The van der Waals surface area contributed by atoms with Gasteiger partial charge in [-0.2, -0.15) is 0 Å². The lowest BCUT2D eigenvalue weighted by Crippen LogP contribution is -2.07. The molecule has 1 aliphatic heterocycles. The molecule has 0 spiro atoms. The summed E-state index contributed by atoms with van der Waals surface area (Å²) in [7, 11) is 0. The molecule has 2 unspecified atom stereocenters. The Kier molecular flexibility index (Phi) is 2.17. The van der Waals surface area contributed by atoms with Gasteiger partial charge in [0.15, 0.2) is 0 Å². The van der Waals surface area contributed by atoms with E-state index in [2.05, 4.69) is 49.3 Å². The maximum absolute atomic E-state index is 4.42. The van der Waals surface area contributed by atoms with Gasteiger partial charge in [0.1, 0.15) is 0 Å². The maximum Gasteiger partial charge on any atom is 0.0664 e. The van der Waals surface area contributed by atoms with Crippen LogP contribution in [0.2, 0.25) is 0 Å². The average molecular weight is 173 g/mol. The van der Waals surface area contributed by atoms with Gasteiger partial charge in [-0.15, -0.1) is 0 Å². The van der Waals surface area contributed by atoms with E-state index in [4.69, 9.17) is 0 Å². The SMILES string of the molecule is CCC(C)C1C=Nc2ccccc21. The van der Waals surface area contributed by atoms with E-state index >= 15 is 0 Å². The third kappa shape index (κ3) is 1.39. The lowest BCUT2D eigenvalue weighted by Gasteiger charge is -2.15. The fourth-order valence-corrected chi connectivity index (χ4v) is 1.84. The van der Waals surface area contributed by atoms with Crippen molar-refractivity contribution in [3.05, 3.63) is 29.8 Å². The summed E-state index contributed by atoms with van der Waals surface area (Å²) < 4.78 is 0. The molecule has 0 saturated heterocycles. The number of hydrogen-bond acceptors (Lipinski definition) is 1. The second-order valence-corrected chi connectivity index (χ2v) is 3.75. The normalized spacial score (nSPS) is 21.5. The van der Waals surface area contributed by atoms with Crippen molar-refractivity contribution < 1.29 is 0 Å². The van der Waals surface area contributed by atoms with Gasteiger partial charge in [-0.25, -0.2) is 0 Å².